The summed E-state index contributed by atoms with van der Waals surface area (Å²) in [6.07, 6.45) is 0.457. The Hall–Kier alpha value is -1.10. The molecule has 2 atom stereocenters. The Kier molecular flexibility index (Phi) is 4.45. The molecule has 2 rings (SSSR count). The SMILES string of the molecule is CC(O)CCNC(C)c1nc2cc(Cl)ccc2n1C. The zero-order valence-electron chi connectivity index (χ0n) is 11.5. The van der Waals surface area contributed by atoms with Gasteiger partial charge in [-0.25, -0.2) is 4.98 Å². The molecule has 4 nitrogen and oxygen atoms in total. The Labute approximate surface area is 118 Å². The summed E-state index contributed by atoms with van der Waals surface area (Å²) in [5, 5.41) is 13.3. The van der Waals surface area contributed by atoms with E-state index >= 15 is 0 Å². The van der Waals surface area contributed by atoms with Crippen molar-refractivity contribution in [2.24, 2.45) is 7.05 Å². The molecule has 0 aliphatic carbocycles. The van der Waals surface area contributed by atoms with Crippen molar-refractivity contribution in [1.82, 2.24) is 14.9 Å². The number of nitrogens with one attached hydrogen (secondary N) is 1. The van der Waals surface area contributed by atoms with Gasteiger partial charge in [0.2, 0.25) is 0 Å². The van der Waals surface area contributed by atoms with Crippen LogP contribution in [0.5, 0.6) is 0 Å². The second-order valence-electron chi connectivity index (χ2n) is 4.98. The molecule has 1 aromatic heterocycles. The van der Waals surface area contributed by atoms with E-state index in [4.69, 9.17) is 11.6 Å². The zero-order valence-corrected chi connectivity index (χ0v) is 12.3. The molecule has 2 unspecified atom stereocenters. The average molecular weight is 282 g/mol. The van der Waals surface area contributed by atoms with Gasteiger partial charge in [-0.2, -0.15) is 0 Å². The molecule has 0 amide bonds. The minimum Gasteiger partial charge on any atom is -0.393 e. The van der Waals surface area contributed by atoms with Crippen molar-refractivity contribution < 1.29 is 5.11 Å². The lowest BCUT2D eigenvalue weighted by Gasteiger charge is -2.14. The molecule has 2 N–H and O–H groups in total. The van der Waals surface area contributed by atoms with Gasteiger partial charge < -0.3 is 15.0 Å². The monoisotopic (exact) mass is 281 g/mol. The Morgan fingerprint density at radius 3 is 2.84 bits per heavy atom. The fourth-order valence-electron chi connectivity index (χ4n) is 2.18. The van der Waals surface area contributed by atoms with Crippen molar-refractivity contribution in [3.05, 3.63) is 29.0 Å². The molecule has 0 spiro atoms. The van der Waals surface area contributed by atoms with E-state index in [9.17, 15) is 5.11 Å². The molecule has 0 aliphatic heterocycles. The van der Waals surface area contributed by atoms with Crippen molar-refractivity contribution in [2.75, 3.05) is 6.54 Å². The summed E-state index contributed by atoms with van der Waals surface area (Å²) in [5.41, 5.74) is 1.98. The van der Waals surface area contributed by atoms with Gasteiger partial charge in [-0.3, -0.25) is 0 Å². The summed E-state index contributed by atoms with van der Waals surface area (Å²) in [6.45, 7) is 4.64. The molecule has 0 bridgehead atoms. The molecule has 1 aromatic carbocycles. The van der Waals surface area contributed by atoms with Crippen LogP contribution in [-0.2, 0) is 7.05 Å². The van der Waals surface area contributed by atoms with Crippen LogP contribution in [0.25, 0.3) is 11.0 Å². The quantitative estimate of drug-likeness (QED) is 0.886. The van der Waals surface area contributed by atoms with Gasteiger partial charge in [-0.1, -0.05) is 11.6 Å². The van der Waals surface area contributed by atoms with Crippen LogP contribution in [-0.4, -0.2) is 27.3 Å². The molecule has 1 heterocycles. The van der Waals surface area contributed by atoms with Crippen molar-refractivity contribution in [1.29, 1.82) is 0 Å². The Morgan fingerprint density at radius 1 is 1.42 bits per heavy atom. The van der Waals surface area contributed by atoms with Gasteiger partial charge in [0.05, 0.1) is 23.2 Å². The summed E-state index contributed by atoms with van der Waals surface area (Å²) < 4.78 is 2.08. The topological polar surface area (TPSA) is 50.1 Å². The van der Waals surface area contributed by atoms with E-state index in [0.717, 1.165) is 29.8 Å². The molecule has 2 aromatic rings. The van der Waals surface area contributed by atoms with Gasteiger partial charge in [0.15, 0.2) is 0 Å². The number of hydrogen-bond acceptors (Lipinski definition) is 3. The number of rotatable bonds is 5. The summed E-state index contributed by atoms with van der Waals surface area (Å²) in [5.74, 6) is 0.975. The van der Waals surface area contributed by atoms with Crippen LogP contribution >= 0.6 is 11.6 Å². The average Bonchev–Trinajstić information content (AvgIpc) is 2.65. The number of aryl methyl sites for hydroxylation is 1. The molecular weight excluding hydrogens is 262 g/mol. The fourth-order valence-corrected chi connectivity index (χ4v) is 2.35. The molecule has 0 saturated heterocycles. The first-order chi connectivity index (χ1) is 8.99. The molecule has 0 saturated carbocycles. The van der Waals surface area contributed by atoms with Gasteiger partial charge in [-0.05, 0) is 45.0 Å². The number of imidazole rings is 1. The first-order valence-corrected chi connectivity index (χ1v) is 6.90. The molecule has 5 heteroatoms. The number of hydrogen-bond donors (Lipinski definition) is 2. The highest BCUT2D eigenvalue weighted by molar-refractivity contribution is 6.31. The van der Waals surface area contributed by atoms with Crippen LogP contribution in [0, 0.1) is 0 Å². The summed E-state index contributed by atoms with van der Waals surface area (Å²) >= 11 is 5.99. The van der Waals surface area contributed by atoms with Crippen molar-refractivity contribution >= 4 is 22.6 Å². The molecular formula is C14H20ClN3O. The maximum Gasteiger partial charge on any atom is 0.126 e. The van der Waals surface area contributed by atoms with Crippen LogP contribution in [0.4, 0.5) is 0 Å². The number of aromatic nitrogens is 2. The second-order valence-corrected chi connectivity index (χ2v) is 5.41. The lowest BCUT2D eigenvalue weighted by molar-refractivity contribution is 0.182. The van der Waals surface area contributed by atoms with E-state index < -0.39 is 0 Å². The number of benzene rings is 1. The first-order valence-electron chi connectivity index (χ1n) is 6.52. The third-order valence-electron chi connectivity index (χ3n) is 3.28. The molecule has 0 radical (unpaired) electrons. The van der Waals surface area contributed by atoms with E-state index in [-0.39, 0.29) is 12.1 Å². The standard InChI is InChI=1S/C14H20ClN3O/c1-9(19)6-7-16-10(2)14-17-12-8-11(15)4-5-13(12)18(14)3/h4-5,8-10,16,19H,6-7H2,1-3H3. The number of aliphatic hydroxyl groups excluding tert-OH is 1. The van der Waals surface area contributed by atoms with Crippen LogP contribution in [0.3, 0.4) is 0 Å². The third kappa shape index (κ3) is 3.26. The lowest BCUT2D eigenvalue weighted by Crippen LogP contribution is -2.24. The number of halogens is 1. The van der Waals surface area contributed by atoms with Crippen LogP contribution < -0.4 is 5.32 Å². The summed E-state index contributed by atoms with van der Waals surface area (Å²) in [4.78, 5) is 4.62. The Bertz CT molecular complexity index is 565. The van der Waals surface area contributed by atoms with E-state index in [2.05, 4.69) is 21.8 Å². The lowest BCUT2D eigenvalue weighted by atomic mass is 10.2. The molecule has 104 valence electrons. The minimum absolute atomic E-state index is 0.134. The van der Waals surface area contributed by atoms with Crippen LogP contribution in [0.1, 0.15) is 32.1 Å². The highest BCUT2D eigenvalue weighted by Gasteiger charge is 2.14. The van der Waals surface area contributed by atoms with Gasteiger partial charge in [0, 0.05) is 12.1 Å². The molecule has 0 aliphatic rings. The van der Waals surface area contributed by atoms with E-state index in [0.29, 0.717) is 5.02 Å². The first kappa shape index (κ1) is 14.3. The predicted molar refractivity (Wildman–Crippen MR) is 78.4 cm³/mol. The highest BCUT2D eigenvalue weighted by Crippen LogP contribution is 2.22. The minimum atomic E-state index is -0.279. The van der Waals surface area contributed by atoms with Crippen molar-refractivity contribution in [3.63, 3.8) is 0 Å². The van der Waals surface area contributed by atoms with Gasteiger partial charge >= 0.3 is 0 Å². The van der Waals surface area contributed by atoms with E-state index in [1.165, 1.54) is 0 Å². The normalized spacial score (nSPS) is 14.8. The van der Waals surface area contributed by atoms with Gasteiger partial charge in [0.1, 0.15) is 5.82 Å². The molecule has 19 heavy (non-hydrogen) atoms. The largest absolute Gasteiger partial charge is 0.393 e. The number of fused-ring (bicyclic) bond motifs is 1. The smallest absolute Gasteiger partial charge is 0.126 e. The maximum absolute atomic E-state index is 9.26. The summed E-state index contributed by atoms with van der Waals surface area (Å²) in [7, 11) is 2.01. The Balaban J connectivity index is 2.17. The van der Waals surface area contributed by atoms with Crippen molar-refractivity contribution in [2.45, 2.75) is 32.4 Å². The molecule has 0 fully saturated rings. The van der Waals surface area contributed by atoms with Crippen LogP contribution in [0.15, 0.2) is 18.2 Å². The third-order valence-corrected chi connectivity index (χ3v) is 3.51. The van der Waals surface area contributed by atoms with E-state index in [1.54, 1.807) is 6.92 Å². The zero-order chi connectivity index (χ0) is 14.0. The highest BCUT2D eigenvalue weighted by atomic mass is 35.5. The second kappa shape index (κ2) is 5.90. The number of aliphatic hydroxyl groups is 1. The van der Waals surface area contributed by atoms with Gasteiger partial charge in [0.25, 0.3) is 0 Å². The number of nitrogens with zero attached hydrogens (tertiary/aromatic N) is 2. The summed E-state index contributed by atoms with van der Waals surface area (Å²) in [6, 6.07) is 5.87. The van der Waals surface area contributed by atoms with Crippen molar-refractivity contribution in [3.8, 4) is 0 Å². The van der Waals surface area contributed by atoms with Gasteiger partial charge in [-0.15, -0.1) is 0 Å². The predicted octanol–water partition coefficient (Wildman–Crippen LogP) is 2.65. The Morgan fingerprint density at radius 2 is 2.16 bits per heavy atom. The van der Waals surface area contributed by atoms with E-state index in [1.807, 2.05) is 25.2 Å². The maximum atomic E-state index is 9.26. The fraction of sp³-hybridized carbons (Fsp3) is 0.500. The van der Waals surface area contributed by atoms with Crippen LogP contribution in [0.2, 0.25) is 5.02 Å².